The molecule has 0 aliphatic carbocycles. The average molecular weight is 436 g/mol. The van der Waals surface area contributed by atoms with Gasteiger partial charge in [0.05, 0.1) is 17.1 Å². The molecule has 1 aliphatic rings. The second-order valence-corrected chi connectivity index (χ2v) is 9.26. The van der Waals surface area contributed by atoms with Crippen molar-refractivity contribution < 1.29 is 9.90 Å². The van der Waals surface area contributed by atoms with Crippen LogP contribution in [0.4, 0.5) is 5.69 Å². The summed E-state index contributed by atoms with van der Waals surface area (Å²) in [5.74, 6) is 1.09. The van der Waals surface area contributed by atoms with E-state index in [1.165, 1.54) is 11.8 Å². The van der Waals surface area contributed by atoms with E-state index in [0.29, 0.717) is 16.5 Å². The number of H-pyrrole nitrogens is 1. The first kappa shape index (κ1) is 21.1. The molecule has 0 radical (unpaired) electrons. The van der Waals surface area contributed by atoms with Crippen LogP contribution in [-0.4, -0.2) is 31.6 Å². The number of aromatic amines is 1. The van der Waals surface area contributed by atoms with Gasteiger partial charge < -0.3 is 5.11 Å². The van der Waals surface area contributed by atoms with Crippen LogP contribution < -0.4 is 4.90 Å². The van der Waals surface area contributed by atoms with Crippen molar-refractivity contribution in [3.63, 3.8) is 0 Å². The summed E-state index contributed by atoms with van der Waals surface area (Å²) in [4.78, 5) is 16.7. The fraction of sp³-hybridized carbons (Fsp3) is 0.304. The molecule has 8 heteroatoms. The molecular formula is C23H25N5O2S. The van der Waals surface area contributed by atoms with Gasteiger partial charge in [-0.05, 0) is 69.3 Å². The van der Waals surface area contributed by atoms with Crippen LogP contribution in [0.25, 0.3) is 6.08 Å². The van der Waals surface area contributed by atoms with E-state index in [-0.39, 0.29) is 24.3 Å². The number of hydrogen-bond acceptors (Lipinski definition) is 6. The summed E-state index contributed by atoms with van der Waals surface area (Å²) in [6.45, 7) is 8.48. The lowest BCUT2D eigenvalue weighted by Crippen LogP contribution is -2.34. The third kappa shape index (κ3) is 4.20. The number of rotatable bonds is 5. The highest BCUT2D eigenvalue weighted by Crippen LogP contribution is 2.43. The number of carbonyl (C=O) groups is 1. The first-order valence-electron chi connectivity index (χ1n) is 10.2. The smallest absolute Gasteiger partial charge is 0.265 e. The fourth-order valence-electron chi connectivity index (χ4n) is 3.63. The molecule has 1 aliphatic heterocycles. The number of tetrazole rings is 1. The van der Waals surface area contributed by atoms with Crippen molar-refractivity contribution in [2.24, 2.45) is 0 Å². The molecule has 0 unspecified atom stereocenters. The number of amides is 1. The maximum Gasteiger partial charge on any atom is 0.265 e. The Morgan fingerprint density at radius 1 is 1.13 bits per heavy atom. The predicted octanol–water partition coefficient (Wildman–Crippen LogP) is 4.83. The van der Waals surface area contributed by atoms with Crippen molar-refractivity contribution in [3.8, 4) is 5.75 Å². The molecule has 2 heterocycles. The van der Waals surface area contributed by atoms with Gasteiger partial charge in [-0.3, -0.25) is 9.69 Å². The van der Waals surface area contributed by atoms with Crippen LogP contribution in [0.15, 0.2) is 46.2 Å². The molecule has 31 heavy (non-hydrogen) atoms. The van der Waals surface area contributed by atoms with E-state index < -0.39 is 0 Å². The van der Waals surface area contributed by atoms with Crippen molar-refractivity contribution >= 4 is 29.4 Å². The zero-order chi connectivity index (χ0) is 22.1. The number of aromatic hydroxyl groups is 1. The highest BCUT2D eigenvalue weighted by molar-refractivity contribution is 8.04. The maximum atomic E-state index is 13.4. The summed E-state index contributed by atoms with van der Waals surface area (Å²) >= 11 is 1.45. The van der Waals surface area contributed by atoms with E-state index in [1.54, 1.807) is 4.90 Å². The minimum Gasteiger partial charge on any atom is -0.507 e. The van der Waals surface area contributed by atoms with Gasteiger partial charge in [0.15, 0.2) is 5.82 Å². The van der Waals surface area contributed by atoms with Gasteiger partial charge in [0.25, 0.3) is 5.91 Å². The maximum absolute atomic E-state index is 13.4. The zero-order valence-electron chi connectivity index (χ0n) is 18.0. The van der Waals surface area contributed by atoms with Crippen molar-refractivity contribution in [1.29, 1.82) is 0 Å². The molecule has 0 bridgehead atoms. The topological polar surface area (TPSA) is 95.0 Å². The molecule has 7 nitrogen and oxygen atoms in total. The number of nitrogens with one attached hydrogen (secondary N) is 1. The molecular weight excluding hydrogens is 410 g/mol. The summed E-state index contributed by atoms with van der Waals surface area (Å²) in [6.07, 6.45) is 1.91. The Morgan fingerprint density at radius 3 is 2.42 bits per heavy atom. The molecule has 1 aromatic heterocycles. The van der Waals surface area contributed by atoms with Crippen LogP contribution in [0, 0.1) is 0 Å². The number of phenolic OH excluding ortho intramolecular Hbond substituents is 1. The first-order chi connectivity index (χ1) is 14.8. The third-order valence-electron chi connectivity index (χ3n) is 5.26. The lowest BCUT2D eigenvalue weighted by atomic mass is 9.91. The highest BCUT2D eigenvalue weighted by atomic mass is 32.2. The van der Waals surface area contributed by atoms with E-state index in [9.17, 15) is 9.90 Å². The van der Waals surface area contributed by atoms with Crippen molar-refractivity contribution in [2.75, 3.05) is 4.90 Å². The van der Waals surface area contributed by atoms with Gasteiger partial charge in [0.2, 0.25) is 0 Å². The number of para-hydroxylation sites is 1. The van der Waals surface area contributed by atoms with Crippen LogP contribution in [0.2, 0.25) is 0 Å². The number of carbonyl (C=O) groups excluding carboxylic acids is 1. The normalized spacial score (nSPS) is 15.2. The number of aromatic nitrogens is 4. The summed E-state index contributed by atoms with van der Waals surface area (Å²) < 4.78 is 0. The predicted molar refractivity (Wildman–Crippen MR) is 122 cm³/mol. The van der Waals surface area contributed by atoms with Gasteiger partial charge >= 0.3 is 0 Å². The molecule has 0 spiro atoms. The van der Waals surface area contributed by atoms with Gasteiger partial charge in [-0.2, -0.15) is 0 Å². The summed E-state index contributed by atoms with van der Waals surface area (Å²) in [5.41, 5.74) is 3.51. The molecule has 2 aromatic carbocycles. The molecule has 3 aromatic rings. The summed E-state index contributed by atoms with van der Waals surface area (Å²) in [6, 6.07) is 11.7. The van der Waals surface area contributed by atoms with Crippen molar-refractivity contribution in [3.05, 3.63) is 63.8 Å². The average Bonchev–Trinajstić information content (AvgIpc) is 3.25. The van der Waals surface area contributed by atoms with Crippen LogP contribution in [-0.2, 0) is 11.3 Å². The van der Waals surface area contributed by atoms with Gasteiger partial charge in [0, 0.05) is 4.90 Å². The monoisotopic (exact) mass is 435 g/mol. The molecule has 160 valence electrons. The molecule has 2 N–H and O–H groups in total. The summed E-state index contributed by atoms with van der Waals surface area (Å²) in [5, 5.41) is 24.6. The fourth-order valence-corrected chi connectivity index (χ4v) is 4.69. The molecule has 4 rings (SSSR count). The van der Waals surface area contributed by atoms with E-state index in [1.807, 2.05) is 42.5 Å². The van der Waals surface area contributed by atoms with Crippen LogP contribution >= 0.6 is 11.8 Å². The Kier molecular flexibility index (Phi) is 5.82. The number of hydrogen-bond donors (Lipinski definition) is 2. The van der Waals surface area contributed by atoms with Gasteiger partial charge in [-0.15, -0.1) is 5.10 Å². The second-order valence-electron chi connectivity index (χ2n) is 8.17. The molecule has 0 saturated heterocycles. The number of fused-ring (bicyclic) bond motifs is 1. The number of thioether (sulfide) groups is 1. The lowest BCUT2D eigenvalue weighted by Gasteiger charge is -2.29. The molecule has 0 saturated carbocycles. The van der Waals surface area contributed by atoms with Gasteiger partial charge in [0.1, 0.15) is 5.75 Å². The van der Waals surface area contributed by atoms with Crippen LogP contribution in [0.1, 0.15) is 62.0 Å². The lowest BCUT2D eigenvalue weighted by molar-refractivity contribution is -0.114. The Bertz CT molecular complexity index is 1110. The highest BCUT2D eigenvalue weighted by Gasteiger charge is 2.30. The van der Waals surface area contributed by atoms with Gasteiger partial charge in [-0.25, -0.2) is 5.10 Å². The number of benzene rings is 2. The summed E-state index contributed by atoms with van der Waals surface area (Å²) in [7, 11) is 0. The number of phenols is 1. The van der Waals surface area contributed by atoms with Crippen molar-refractivity contribution in [2.45, 2.75) is 51.0 Å². The van der Waals surface area contributed by atoms with E-state index >= 15 is 0 Å². The van der Waals surface area contributed by atoms with E-state index in [2.05, 4.69) is 48.3 Å². The van der Waals surface area contributed by atoms with Gasteiger partial charge in [-0.1, -0.05) is 51.6 Å². The zero-order valence-corrected chi connectivity index (χ0v) is 18.8. The van der Waals surface area contributed by atoms with E-state index in [4.69, 9.17) is 0 Å². The SMILES string of the molecule is CC(C)c1cc(C=C2Sc3ccccc3N(Cc3nnn[nH]3)C2=O)cc(C(C)C)c1O. The molecule has 0 fully saturated rings. The van der Waals surface area contributed by atoms with Crippen LogP contribution in [0.5, 0.6) is 5.75 Å². The number of anilines is 1. The Balaban J connectivity index is 1.78. The first-order valence-corrected chi connectivity index (χ1v) is 11.1. The molecule has 0 atom stereocenters. The second kappa shape index (κ2) is 8.55. The van der Waals surface area contributed by atoms with Crippen molar-refractivity contribution in [1.82, 2.24) is 20.6 Å². The Morgan fingerprint density at radius 2 is 1.81 bits per heavy atom. The quantitative estimate of drug-likeness (QED) is 0.557. The number of nitrogens with zero attached hydrogens (tertiary/aromatic N) is 4. The molecule has 1 amide bonds. The van der Waals surface area contributed by atoms with E-state index in [0.717, 1.165) is 27.3 Å². The minimum atomic E-state index is -0.106. The largest absolute Gasteiger partial charge is 0.507 e. The third-order valence-corrected chi connectivity index (χ3v) is 6.34. The minimum absolute atomic E-state index is 0.106. The Hall–Kier alpha value is -3.13. The van der Waals surface area contributed by atoms with Crippen LogP contribution in [0.3, 0.4) is 0 Å². The standard InChI is InChI=1S/C23H25N5O2S/c1-13(2)16-9-15(10-17(14(3)4)22(16)29)11-20-23(30)28(12-21-24-26-27-25-21)18-7-5-6-8-19(18)31-20/h5-11,13-14,29H,12H2,1-4H3,(H,24,25,26,27). The Labute approximate surface area is 185 Å².